The van der Waals surface area contributed by atoms with E-state index >= 15 is 0 Å². The summed E-state index contributed by atoms with van der Waals surface area (Å²) in [5.74, 6) is 1.64. The van der Waals surface area contributed by atoms with Crippen molar-refractivity contribution < 1.29 is 4.79 Å². The molecule has 4 rings (SSSR count). The van der Waals surface area contributed by atoms with Gasteiger partial charge in [-0.1, -0.05) is 13.0 Å². The number of carbonyl (C=O) groups is 1. The van der Waals surface area contributed by atoms with Crippen LogP contribution in [0.5, 0.6) is 0 Å². The van der Waals surface area contributed by atoms with E-state index in [1.165, 1.54) is 12.8 Å². The number of nitrogens with zero attached hydrogens (tertiary/aromatic N) is 3. The van der Waals surface area contributed by atoms with E-state index in [0.717, 1.165) is 22.6 Å². The molecule has 0 saturated heterocycles. The number of nitrogens with one attached hydrogen (secondary N) is 1. The van der Waals surface area contributed by atoms with Crippen LogP contribution in [-0.2, 0) is 4.79 Å². The molecule has 1 aliphatic heterocycles. The predicted octanol–water partition coefficient (Wildman–Crippen LogP) is 4.20. The molecular weight excluding hydrogens is 336 g/mol. The Bertz CT molecular complexity index is 911. The van der Waals surface area contributed by atoms with E-state index in [-0.39, 0.29) is 23.9 Å². The number of rotatable bonds is 3. The largest absolute Gasteiger partial charge is 0.363 e. The average Bonchev–Trinajstić information content (AvgIpc) is 3.49. The molecule has 1 fully saturated rings. The highest BCUT2D eigenvalue weighted by Crippen LogP contribution is 2.50. The fraction of sp³-hybridized carbons (Fsp3) is 0.409. The molecule has 2 aliphatic rings. The van der Waals surface area contributed by atoms with Gasteiger partial charge in [0, 0.05) is 30.8 Å². The zero-order chi connectivity index (χ0) is 19.1. The van der Waals surface area contributed by atoms with Gasteiger partial charge in [0.2, 0.25) is 5.91 Å². The summed E-state index contributed by atoms with van der Waals surface area (Å²) < 4.78 is 0. The zero-order valence-electron chi connectivity index (χ0n) is 15.9. The van der Waals surface area contributed by atoms with Crippen LogP contribution in [0.3, 0.4) is 0 Å². The maximum Gasteiger partial charge on any atom is 0.224 e. The summed E-state index contributed by atoms with van der Waals surface area (Å²) in [7, 11) is 0. The van der Waals surface area contributed by atoms with Crippen LogP contribution in [0.4, 0.5) is 11.5 Å². The van der Waals surface area contributed by atoms with Crippen LogP contribution in [0.15, 0.2) is 36.5 Å². The first-order valence-corrected chi connectivity index (χ1v) is 9.52. The molecular formula is C22H24N4O. The first kappa shape index (κ1) is 17.5. The second-order valence-electron chi connectivity index (χ2n) is 7.80. The van der Waals surface area contributed by atoms with Crippen LogP contribution in [0, 0.1) is 30.1 Å². The number of anilines is 2. The van der Waals surface area contributed by atoms with Crippen LogP contribution in [0.25, 0.3) is 0 Å². The zero-order valence-corrected chi connectivity index (χ0v) is 15.9. The summed E-state index contributed by atoms with van der Waals surface area (Å²) >= 11 is 0. The average molecular weight is 360 g/mol. The van der Waals surface area contributed by atoms with Gasteiger partial charge in [0.15, 0.2) is 0 Å². The van der Waals surface area contributed by atoms with Crippen molar-refractivity contribution in [1.29, 1.82) is 5.26 Å². The van der Waals surface area contributed by atoms with E-state index in [4.69, 9.17) is 0 Å². The Morgan fingerprint density at radius 3 is 2.67 bits per heavy atom. The van der Waals surface area contributed by atoms with Crippen molar-refractivity contribution in [3.63, 3.8) is 0 Å². The normalized spacial score (nSPS) is 24.1. The predicted molar refractivity (Wildman–Crippen MR) is 105 cm³/mol. The molecule has 5 nitrogen and oxygen atoms in total. The molecule has 1 amide bonds. The van der Waals surface area contributed by atoms with E-state index in [1.54, 1.807) is 13.0 Å². The minimum atomic E-state index is 0.00436. The van der Waals surface area contributed by atoms with E-state index in [1.807, 2.05) is 42.3 Å². The lowest BCUT2D eigenvalue weighted by Gasteiger charge is -2.45. The molecule has 5 heteroatoms. The van der Waals surface area contributed by atoms with E-state index in [2.05, 4.69) is 23.3 Å². The third kappa shape index (κ3) is 3.16. The summed E-state index contributed by atoms with van der Waals surface area (Å²) in [4.78, 5) is 19.0. The van der Waals surface area contributed by atoms with Crippen molar-refractivity contribution in [2.45, 2.75) is 45.7 Å². The van der Waals surface area contributed by atoms with E-state index in [0.29, 0.717) is 11.5 Å². The van der Waals surface area contributed by atoms with Gasteiger partial charge in [-0.3, -0.25) is 4.79 Å². The molecule has 27 heavy (non-hydrogen) atoms. The van der Waals surface area contributed by atoms with Gasteiger partial charge in [-0.15, -0.1) is 0 Å². The number of hydrogen-bond acceptors (Lipinski definition) is 4. The molecule has 2 heterocycles. The number of aryl methyl sites for hydroxylation is 1. The minimum Gasteiger partial charge on any atom is -0.363 e. The molecule has 1 aromatic carbocycles. The van der Waals surface area contributed by atoms with Gasteiger partial charge in [0.1, 0.15) is 5.82 Å². The quantitative estimate of drug-likeness (QED) is 0.891. The maximum atomic E-state index is 12.5. The SMILES string of the molecule is CC(=O)N1c2ccc(C#N)cc2[C@H](Nc2ccc(C)cn2)[C@@H](C)[C@@H]1C1CC1. The highest BCUT2D eigenvalue weighted by Gasteiger charge is 2.47. The molecule has 138 valence electrons. The number of pyridine rings is 1. The maximum absolute atomic E-state index is 12.5. The molecule has 0 bridgehead atoms. The molecule has 1 saturated carbocycles. The lowest BCUT2D eigenvalue weighted by Crippen LogP contribution is -2.51. The van der Waals surface area contributed by atoms with Gasteiger partial charge >= 0.3 is 0 Å². The van der Waals surface area contributed by atoms with Crippen LogP contribution >= 0.6 is 0 Å². The Kier molecular flexibility index (Phi) is 4.35. The summed E-state index contributed by atoms with van der Waals surface area (Å²) in [5, 5.41) is 13.0. The number of benzene rings is 1. The van der Waals surface area contributed by atoms with Crippen LogP contribution in [-0.4, -0.2) is 16.9 Å². The molecule has 0 spiro atoms. The van der Waals surface area contributed by atoms with Crippen molar-refractivity contribution in [3.8, 4) is 6.07 Å². The highest BCUT2D eigenvalue weighted by molar-refractivity contribution is 5.94. The number of amides is 1. The fourth-order valence-electron chi connectivity index (χ4n) is 4.35. The topological polar surface area (TPSA) is 69.0 Å². The summed E-state index contributed by atoms with van der Waals surface area (Å²) in [5.41, 5.74) is 3.64. The first-order valence-electron chi connectivity index (χ1n) is 9.52. The van der Waals surface area contributed by atoms with Gasteiger partial charge in [-0.25, -0.2) is 4.98 Å². The second-order valence-corrected chi connectivity index (χ2v) is 7.80. The first-order chi connectivity index (χ1) is 13.0. The number of carbonyl (C=O) groups excluding carboxylic acids is 1. The number of nitriles is 1. The van der Waals surface area contributed by atoms with Crippen LogP contribution < -0.4 is 10.2 Å². The Morgan fingerprint density at radius 1 is 1.30 bits per heavy atom. The lowest BCUT2D eigenvalue weighted by molar-refractivity contribution is -0.117. The molecule has 3 atom stereocenters. The van der Waals surface area contributed by atoms with E-state index in [9.17, 15) is 10.1 Å². The monoisotopic (exact) mass is 360 g/mol. The molecule has 2 aromatic rings. The van der Waals surface area contributed by atoms with Crippen molar-refractivity contribution in [1.82, 2.24) is 4.98 Å². The van der Waals surface area contributed by atoms with Gasteiger partial charge in [0.25, 0.3) is 0 Å². The Morgan fingerprint density at radius 2 is 2.07 bits per heavy atom. The third-order valence-corrected chi connectivity index (χ3v) is 5.77. The minimum absolute atomic E-state index is 0.00436. The molecule has 1 aliphatic carbocycles. The van der Waals surface area contributed by atoms with Gasteiger partial charge in [0.05, 0.1) is 17.7 Å². The van der Waals surface area contributed by atoms with Crippen molar-refractivity contribution in [2.24, 2.45) is 11.8 Å². The highest BCUT2D eigenvalue weighted by atomic mass is 16.2. The molecule has 1 N–H and O–H groups in total. The summed E-state index contributed by atoms with van der Waals surface area (Å²) in [6.45, 7) is 5.86. The number of fused-ring (bicyclic) bond motifs is 1. The number of aromatic nitrogens is 1. The standard InChI is InChI=1S/C22H24N4O/c1-13-4-9-20(24-12-13)25-21-14(2)22(17-6-7-17)26(15(3)27)19-8-5-16(11-23)10-18(19)21/h4-5,8-10,12,14,17,21-22H,6-7H2,1-3H3,(H,24,25)/t14-,21-,22-/m1/s1. The number of hydrogen-bond donors (Lipinski definition) is 1. The Balaban J connectivity index is 1.81. The van der Waals surface area contributed by atoms with Crippen molar-refractivity contribution in [2.75, 3.05) is 10.2 Å². The third-order valence-electron chi connectivity index (χ3n) is 5.77. The van der Waals surface area contributed by atoms with Gasteiger partial charge < -0.3 is 10.2 Å². The smallest absolute Gasteiger partial charge is 0.224 e. The Hall–Kier alpha value is -2.87. The van der Waals surface area contributed by atoms with Gasteiger partial charge in [-0.2, -0.15) is 5.26 Å². The van der Waals surface area contributed by atoms with Gasteiger partial charge in [-0.05, 0) is 61.1 Å². The second kappa shape index (κ2) is 6.70. The van der Waals surface area contributed by atoms with Crippen molar-refractivity contribution in [3.05, 3.63) is 53.2 Å². The van der Waals surface area contributed by atoms with E-state index < -0.39 is 0 Å². The van der Waals surface area contributed by atoms with Crippen LogP contribution in [0.2, 0.25) is 0 Å². The molecule has 0 radical (unpaired) electrons. The van der Waals surface area contributed by atoms with Crippen LogP contribution in [0.1, 0.15) is 49.4 Å². The molecule has 1 aromatic heterocycles. The fourth-order valence-corrected chi connectivity index (χ4v) is 4.35. The Labute approximate surface area is 160 Å². The lowest BCUT2D eigenvalue weighted by atomic mass is 9.79. The summed E-state index contributed by atoms with van der Waals surface area (Å²) in [6.07, 6.45) is 4.18. The van der Waals surface area contributed by atoms with Crippen molar-refractivity contribution >= 4 is 17.4 Å². The molecule has 0 unspecified atom stereocenters. The summed E-state index contributed by atoms with van der Waals surface area (Å²) in [6, 6.07) is 12.1.